The van der Waals surface area contributed by atoms with Gasteiger partial charge in [0.15, 0.2) is 5.96 Å². The van der Waals surface area contributed by atoms with Gasteiger partial charge in [0.2, 0.25) is 0 Å². The van der Waals surface area contributed by atoms with Crippen molar-refractivity contribution >= 4 is 5.96 Å². The van der Waals surface area contributed by atoms with Gasteiger partial charge in [-0.3, -0.25) is 9.89 Å². The summed E-state index contributed by atoms with van der Waals surface area (Å²) >= 11 is 0. The summed E-state index contributed by atoms with van der Waals surface area (Å²) in [6.45, 7) is 5.20. The fourth-order valence-electron chi connectivity index (χ4n) is 2.24. The largest absolute Gasteiger partial charge is 0.379 e. The smallest absolute Gasteiger partial charge is 0.191 e. The maximum atomic E-state index is 13.5. The number of aliphatic imine (C=N–C) groups is 1. The number of morpholine rings is 1. The van der Waals surface area contributed by atoms with Gasteiger partial charge in [0.25, 0.3) is 0 Å². The minimum atomic E-state index is -0.450. The van der Waals surface area contributed by atoms with Crippen molar-refractivity contribution in [3.05, 3.63) is 35.4 Å². The van der Waals surface area contributed by atoms with Gasteiger partial charge in [-0.05, 0) is 18.2 Å². The molecule has 0 amide bonds. The van der Waals surface area contributed by atoms with E-state index < -0.39 is 11.6 Å². The highest BCUT2D eigenvalue weighted by atomic mass is 19.1. The first-order valence-corrected chi connectivity index (χ1v) is 7.37. The van der Waals surface area contributed by atoms with E-state index in [1.165, 1.54) is 6.07 Å². The zero-order valence-corrected chi connectivity index (χ0v) is 12.7. The number of halogens is 2. The molecule has 5 nitrogen and oxygen atoms in total. The predicted octanol–water partition coefficient (Wildman–Crippen LogP) is 0.962. The summed E-state index contributed by atoms with van der Waals surface area (Å²) in [5.74, 6) is -0.317. The molecule has 22 heavy (non-hydrogen) atoms. The fourth-order valence-corrected chi connectivity index (χ4v) is 2.24. The first kappa shape index (κ1) is 16.6. The fraction of sp³-hybridized carbons (Fsp3) is 0.533. The Morgan fingerprint density at radius 1 is 1.27 bits per heavy atom. The number of nitrogens with zero attached hydrogens (tertiary/aromatic N) is 2. The second-order valence-corrected chi connectivity index (χ2v) is 5.04. The Balaban J connectivity index is 1.74. The first-order valence-electron chi connectivity index (χ1n) is 7.37. The Hall–Kier alpha value is -1.73. The number of nitrogens with one attached hydrogen (secondary N) is 2. The highest BCUT2D eigenvalue weighted by Gasteiger charge is 2.10. The lowest BCUT2D eigenvalue weighted by molar-refractivity contribution is 0.0389. The van der Waals surface area contributed by atoms with E-state index in [0.717, 1.165) is 51.5 Å². The number of guanidine groups is 1. The minimum absolute atomic E-state index is 0.181. The number of hydrogen-bond donors (Lipinski definition) is 2. The Morgan fingerprint density at radius 2 is 2.05 bits per heavy atom. The van der Waals surface area contributed by atoms with Gasteiger partial charge in [-0.2, -0.15) is 0 Å². The summed E-state index contributed by atoms with van der Waals surface area (Å²) in [5, 5.41) is 6.14. The van der Waals surface area contributed by atoms with Crippen molar-refractivity contribution in [2.24, 2.45) is 4.99 Å². The maximum absolute atomic E-state index is 13.5. The number of ether oxygens (including phenoxy) is 1. The predicted molar refractivity (Wildman–Crippen MR) is 81.8 cm³/mol. The van der Waals surface area contributed by atoms with Crippen LogP contribution in [0.4, 0.5) is 8.78 Å². The van der Waals surface area contributed by atoms with Crippen LogP contribution >= 0.6 is 0 Å². The molecule has 122 valence electrons. The number of rotatable bonds is 5. The van der Waals surface area contributed by atoms with E-state index in [0.29, 0.717) is 5.96 Å². The molecule has 1 fully saturated rings. The van der Waals surface area contributed by atoms with Crippen molar-refractivity contribution in [2.75, 3.05) is 46.4 Å². The highest BCUT2D eigenvalue weighted by Crippen LogP contribution is 2.08. The molecule has 1 saturated heterocycles. The van der Waals surface area contributed by atoms with E-state index in [4.69, 9.17) is 4.74 Å². The highest BCUT2D eigenvalue weighted by molar-refractivity contribution is 5.79. The molecule has 7 heteroatoms. The van der Waals surface area contributed by atoms with Gasteiger partial charge in [0, 0.05) is 45.3 Å². The summed E-state index contributed by atoms with van der Waals surface area (Å²) < 4.78 is 31.9. The molecule has 0 bridgehead atoms. The molecule has 1 aromatic carbocycles. The molecule has 2 N–H and O–H groups in total. The van der Waals surface area contributed by atoms with Crippen LogP contribution in [0.3, 0.4) is 0 Å². The Morgan fingerprint density at radius 3 is 2.77 bits per heavy atom. The molecule has 0 aliphatic carbocycles. The Bertz CT molecular complexity index is 504. The zero-order valence-electron chi connectivity index (χ0n) is 12.7. The van der Waals surface area contributed by atoms with Crippen LogP contribution in [-0.2, 0) is 11.3 Å². The molecule has 1 aliphatic heterocycles. The van der Waals surface area contributed by atoms with E-state index in [1.54, 1.807) is 7.05 Å². The third kappa shape index (κ3) is 5.23. The summed E-state index contributed by atoms with van der Waals surface area (Å²) in [7, 11) is 1.64. The molecular formula is C15H22F2N4O. The van der Waals surface area contributed by atoms with Gasteiger partial charge >= 0.3 is 0 Å². The molecule has 0 atom stereocenters. The lowest BCUT2D eigenvalue weighted by Crippen LogP contribution is -2.44. The van der Waals surface area contributed by atoms with Crippen molar-refractivity contribution < 1.29 is 13.5 Å². The number of hydrogen-bond acceptors (Lipinski definition) is 3. The van der Waals surface area contributed by atoms with E-state index in [1.807, 2.05) is 0 Å². The molecule has 1 aliphatic rings. The quantitative estimate of drug-likeness (QED) is 0.628. The van der Waals surface area contributed by atoms with E-state index in [9.17, 15) is 8.78 Å². The molecular weight excluding hydrogens is 290 g/mol. The van der Waals surface area contributed by atoms with Crippen LogP contribution in [0, 0.1) is 11.6 Å². The second kappa shape index (κ2) is 8.65. The summed E-state index contributed by atoms with van der Waals surface area (Å²) in [6.07, 6.45) is 0. The monoisotopic (exact) mass is 312 g/mol. The van der Waals surface area contributed by atoms with Crippen LogP contribution in [0.15, 0.2) is 23.2 Å². The molecule has 0 unspecified atom stereocenters. The average molecular weight is 312 g/mol. The number of benzene rings is 1. The van der Waals surface area contributed by atoms with Crippen molar-refractivity contribution in [3.63, 3.8) is 0 Å². The molecule has 0 spiro atoms. The van der Waals surface area contributed by atoms with Crippen molar-refractivity contribution in [1.82, 2.24) is 15.5 Å². The molecule has 2 rings (SSSR count). The van der Waals surface area contributed by atoms with Gasteiger partial charge in [-0.25, -0.2) is 8.78 Å². The molecule has 0 saturated carbocycles. The topological polar surface area (TPSA) is 48.9 Å². The molecule has 0 aromatic heterocycles. The van der Waals surface area contributed by atoms with Crippen LogP contribution in [0.5, 0.6) is 0 Å². The summed E-state index contributed by atoms with van der Waals surface area (Å²) in [6, 6.07) is 3.42. The van der Waals surface area contributed by atoms with Crippen molar-refractivity contribution in [3.8, 4) is 0 Å². The minimum Gasteiger partial charge on any atom is -0.379 e. The standard InChI is InChI=1S/C15H22F2N4O/c1-18-15(19-4-5-21-6-8-22-9-7-21)20-11-12-10-13(16)2-3-14(12)17/h2-3,10H,4-9,11H2,1H3,(H2,18,19,20). The van der Waals surface area contributed by atoms with Gasteiger partial charge in [0.05, 0.1) is 13.2 Å². The van der Waals surface area contributed by atoms with Crippen molar-refractivity contribution in [1.29, 1.82) is 0 Å². The van der Waals surface area contributed by atoms with E-state index >= 15 is 0 Å². The van der Waals surface area contributed by atoms with E-state index in [2.05, 4.69) is 20.5 Å². The van der Waals surface area contributed by atoms with Gasteiger partial charge in [-0.15, -0.1) is 0 Å². The molecule has 1 heterocycles. The van der Waals surface area contributed by atoms with Crippen LogP contribution in [-0.4, -0.2) is 57.3 Å². The Labute approximate surface area is 129 Å². The third-order valence-electron chi connectivity index (χ3n) is 3.50. The third-order valence-corrected chi connectivity index (χ3v) is 3.50. The lowest BCUT2D eigenvalue weighted by atomic mass is 10.2. The zero-order chi connectivity index (χ0) is 15.8. The van der Waals surface area contributed by atoms with Gasteiger partial charge < -0.3 is 15.4 Å². The van der Waals surface area contributed by atoms with E-state index in [-0.39, 0.29) is 12.1 Å². The van der Waals surface area contributed by atoms with Crippen LogP contribution in [0.25, 0.3) is 0 Å². The first-order chi connectivity index (χ1) is 10.7. The lowest BCUT2D eigenvalue weighted by Gasteiger charge is -2.26. The average Bonchev–Trinajstić information content (AvgIpc) is 2.54. The van der Waals surface area contributed by atoms with Crippen LogP contribution < -0.4 is 10.6 Å². The second-order valence-electron chi connectivity index (χ2n) is 5.04. The van der Waals surface area contributed by atoms with Crippen LogP contribution in [0.2, 0.25) is 0 Å². The maximum Gasteiger partial charge on any atom is 0.191 e. The van der Waals surface area contributed by atoms with Crippen molar-refractivity contribution in [2.45, 2.75) is 6.54 Å². The summed E-state index contributed by atoms with van der Waals surface area (Å²) in [5.41, 5.74) is 0.274. The normalized spacial score (nSPS) is 16.6. The van der Waals surface area contributed by atoms with Gasteiger partial charge in [0.1, 0.15) is 11.6 Å². The SMILES string of the molecule is CN=C(NCCN1CCOCC1)NCc1cc(F)ccc1F. The molecule has 0 radical (unpaired) electrons. The van der Waals surface area contributed by atoms with Crippen LogP contribution in [0.1, 0.15) is 5.56 Å². The summed E-state index contributed by atoms with van der Waals surface area (Å²) in [4.78, 5) is 6.37. The molecule has 1 aromatic rings. The van der Waals surface area contributed by atoms with Gasteiger partial charge in [-0.1, -0.05) is 0 Å². The Kier molecular flexibility index (Phi) is 6.54.